The summed E-state index contributed by atoms with van der Waals surface area (Å²) in [6.45, 7) is 6.73. The summed E-state index contributed by atoms with van der Waals surface area (Å²) in [5.41, 5.74) is 8.48. The van der Waals surface area contributed by atoms with Gasteiger partial charge in [-0.25, -0.2) is 0 Å². The van der Waals surface area contributed by atoms with Gasteiger partial charge in [-0.2, -0.15) is 0 Å². The summed E-state index contributed by atoms with van der Waals surface area (Å²) >= 11 is 0. The van der Waals surface area contributed by atoms with E-state index < -0.39 is 0 Å². The maximum Gasteiger partial charge on any atom is 0.0702 e. The van der Waals surface area contributed by atoms with Crippen LogP contribution in [0.5, 0.6) is 0 Å². The standard InChI is InChI=1S/C27H25N/c1-27(2,3)25-16-13-21(14-17-25)20-9-11-22(12-10-20)24-15-18-26(28-19-24)23-7-5-4-6-8-23/h4-19H,1-3H3. The summed E-state index contributed by atoms with van der Waals surface area (Å²) in [5.74, 6) is 0. The van der Waals surface area contributed by atoms with E-state index >= 15 is 0 Å². The van der Waals surface area contributed by atoms with Crippen LogP contribution in [0, 0.1) is 0 Å². The SMILES string of the molecule is CC(C)(C)c1ccc(-c2ccc(-c3ccc(-c4ccccc4)nc3)cc2)cc1. The molecule has 138 valence electrons. The average Bonchev–Trinajstić information content (AvgIpc) is 2.74. The predicted molar refractivity (Wildman–Crippen MR) is 119 cm³/mol. The largest absolute Gasteiger partial charge is 0.256 e. The highest BCUT2D eigenvalue weighted by molar-refractivity contribution is 5.71. The first kappa shape index (κ1) is 18.2. The van der Waals surface area contributed by atoms with Crippen LogP contribution in [0.1, 0.15) is 26.3 Å². The fraction of sp³-hybridized carbons (Fsp3) is 0.148. The van der Waals surface area contributed by atoms with Crippen molar-refractivity contribution >= 4 is 0 Å². The summed E-state index contributed by atoms with van der Waals surface area (Å²) in [4.78, 5) is 4.64. The molecule has 0 atom stereocenters. The third kappa shape index (κ3) is 3.89. The van der Waals surface area contributed by atoms with Gasteiger partial charge in [0.2, 0.25) is 0 Å². The smallest absolute Gasteiger partial charge is 0.0702 e. The Hall–Kier alpha value is -3.19. The van der Waals surface area contributed by atoms with Crippen molar-refractivity contribution in [2.45, 2.75) is 26.2 Å². The fourth-order valence-corrected chi connectivity index (χ4v) is 3.36. The molecule has 0 amide bonds. The Morgan fingerprint density at radius 2 is 1.00 bits per heavy atom. The van der Waals surface area contributed by atoms with Crippen molar-refractivity contribution in [3.8, 4) is 33.5 Å². The normalized spacial score (nSPS) is 11.4. The van der Waals surface area contributed by atoms with Crippen LogP contribution >= 0.6 is 0 Å². The Balaban J connectivity index is 1.55. The van der Waals surface area contributed by atoms with Gasteiger partial charge in [0.05, 0.1) is 5.69 Å². The van der Waals surface area contributed by atoms with Crippen molar-refractivity contribution in [3.63, 3.8) is 0 Å². The molecule has 0 saturated carbocycles. The Bertz CT molecular complexity index is 1040. The van der Waals surface area contributed by atoms with Crippen LogP contribution in [-0.2, 0) is 5.41 Å². The molecule has 1 aromatic heterocycles. The molecule has 1 nitrogen and oxygen atoms in total. The molecule has 0 unspecified atom stereocenters. The summed E-state index contributed by atoms with van der Waals surface area (Å²) in [6, 6.07) is 32.1. The second-order valence-electron chi connectivity index (χ2n) is 8.20. The van der Waals surface area contributed by atoms with E-state index in [4.69, 9.17) is 0 Å². The number of benzene rings is 3. The van der Waals surface area contributed by atoms with E-state index in [-0.39, 0.29) is 5.41 Å². The van der Waals surface area contributed by atoms with Crippen LogP contribution in [0.3, 0.4) is 0 Å². The van der Waals surface area contributed by atoms with E-state index in [2.05, 4.69) is 98.6 Å². The van der Waals surface area contributed by atoms with E-state index in [0.29, 0.717) is 0 Å². The maximum atomic E-state index is 4.64. The molecule has 1 heteroatoms. The highest BCUT2D eigenvalue weighted by Gasteiger charge is 2.13. The third-order valence-corrected chi connectivity index (χ3v) is 5.14. The first-order valence-corrected chi connectivity index (χ1v) is 9.73. The molecule has 0 aliphatic rings. The van der Waals surface area contributed by atoms with Gasteiger partial charge in [-0.15, -0.1) is 0 Å². The quantitative estimate of drug-likeness (QED) is 0.370. The second kappa shape index (κ2) is 7.44. The monoisotopic (exact) mass is 363 g/mol. The van der Waals surface area contributed by atoms with Crippen molar-refractivity contribution in [2.75, 3.05) is 0 Å². The lowest BCUT2D eigenvalue weighted by Crippen LogP contribution is -2.10. The highest BCUT2D eigenvalue weighted by Crippen LogP contribution is 2.28. The summed E-state index contributed by atoms with van der Waals surface area (Å²) in [6.07, 6.45) is 1.95. The molecule has 0 radical (unpaired) electrons. The predicted octanol–water partition coefficient (Wildman–Crippen LogP) is 7.38. The first-order valence-electron chi connectivity index (χ1n) is 9.73. The molecule has 0 bridgehead atoms. The average molecular weight is 364 g/mol. The molecule has 28 heavy (non-hydrogen) atoms. The second-order valence-corrected chi connectivity index (χ2v) is 8.20. The molecule has 4 rings (SSSR count). The minimum absolute atomic E-state index is 0.182. The number of rotatable bonds is 3. The van der Waals surface area contributed by atoms with Gasteiger partial charge in [-0.1, -0.05) is 106 Å². The molecule has 0 fully saturated rings. The van der Waals surface area contributed by atoms with Crippen LogP contribution in [0.15, 0.2) is 97.2 Å². The van der Waals surface area contributed by atoms with Crippen molar-refractivity contribution in [2.24, 2.45) is 0 Å². The van der Waals surface area contributed by atoms with E-state index in [1.165, 1.54) is 22.3 Å². The van der Waals surface area contributed by atoms with Gasteiger partial charge in [0, 0.05) is 17.3 Å². The van der Waals surface area contributed by atoms with Crippen LogP contribution < -0.4 is 0 Å². The lowest BCUT2D eigenvalue weighted by molar-refractivity contribution is 0.590. The zero-order valence-corrected chi connectivity index (χ0v) is 16.7. The maximum absolute atomic E-state index is 4.64. The van der Waals surface area contributed by atoms with E-state index in [9.17, 15) is 0 Å². The molecule has 3 aromatic carbocycles. The van der Waals surface area contributed by atoms with Crippen molar-refractivity contribution in [1.29, 1.82) is 0 Å². The van der Waals surface area contributed by atoms with Crippen LogP contribution in [0.2, 0.25) is 0 Å². The van der Waals surface area contributed by atoms with Crippen molar-refractivity contribution in [1.82, 2.24) is 4.98 Å². The Morgan fingerprint density at radius 3 is 1.50 bits per heavy atom. The van der Waals surface area contributed by atoms with E-state index in [1.54, 1.807) is 0 Å². The number of aromatic nitrogens is 1. The zero-order valence-electron chi connectivity index (χ0n) is 16.7. The topological polar surface area (TPSA) is 12.9 Å². The molecule has 0 saturated heterocycles. The van der Waals surface area contributed by atoms with Gasteiger partial charge in [-0.3, -0.25) is 4.98 Å². The summed E-state index contributed by atoms with van der Waals surface area (Å²) in [5, 5.41) is 0. The molecular formula is C27H25N. The third-order valence-electron chi connectivity index (χ3n) is 5.14. The lowest BCUT2D eigenvalue weighted by Gasteiger charge is -2.19. The molecule has 4 aromatic rings. The van der Waals surface area contributed by atoms with Crippen molar-refractivity contribution < 1.29 is 0 Å². The van der Waals surface area contributed by atoms with E-state index in [0.717, 1.165) is 16.8 Å². The molecule has 0 spiro atoms. The lowest BCUT2D eigenvalue weighted by atomic mass is 9.86. The Kier molecular flexibility index (Phi) is 4.83. The number of pyridine rings is 1. The molecule has 1 heterocycles. The van der Waals surface area contributed by atoms with Crippen LogP contribution in [-0.4, -0.2) is 4.98 Å². The number of hydrogen-bond acceptors (Lipinski definition) is 1. The molecule has 0 N–H and O–H groups in total. The first-order chi connectivity index (χ1) is 13.5. The minimum Gasteiger partial charge on any atom is -0.256 e. The Morgan fingerprint density at radius 1 is 0.500 bits per heavy atom. The molecule has 0 aliphatic heterocycles. The van der Waals surface area contributed by atoms with Gasteiger partial charge in [0.25, 0.3) is 0 Å². The number of nitrogens with zero attached hydrogens (tertiary/aromatic N) is 1. The van der Waals surface area contributed by atoms with Gasteiger partial charge in [0.1, 0.15) is 0 Å². The molecular weight excluding hydrogens is 338 g/mol. The summed E-state index contributed by atoms with van der Waals surface area (Å²) < 4.78 is 0. The Labute approximate surface area is 167 Å². The zero-order chi connectivity index (χ0) is 19.6. The number of hydrogen-bond donors (Lipinski definition) is 0. The fourth-order valence-electron chi connectivity index (χ4n) is 3.36. The highest BCUT2D eigenvalue weighted by atomic mass is 14.7. The van der Waals surface area contributed by atoms with E-state index in [1.807, 2.05) is 24.4 Å². The summed E-state index contributed by atoms with van der Waals surface area (Å²) in [7, 11) is 0. The van der Waals surface area contributed by atoms with Crippen LogP contribution in [0.25, 0.3) is 33.5 Å². The van der Waals surface area contributed by atoms with Gasteiger partial charge in [-0.05, 0) is 33.7 Å². The molecule has 0 aliphatic carbocycles. The minimum atomic E-state index is 0.182. The van der Waals surface area contributed by atoms with Gasteiger partial charge in [0.15, 0.2) is 0 Å². The van der Waals surface area contributed by atoms with Crippen molar-refractivity contribution in [3.05, 3.63) is 103 Å². The van der Waals surface area contributed by atoms with Crippen LogP contribution in [0.4, 0.5) is 0 Å². The van der Waals surface area contributed by atoms with Gasteiger partial charge < -0.3 is 0 Å². The van der Waals surface area contributed by atoms with Gasteiger partial charge >= 0.3 is 0 Å².